The van der Waals surface area contributed by atoms with E-state index in [1.165, 1.54) is 12.1 Å². The number of nitrogens with zero attached hydrogens (tertiary/aromatic N) is 3. The first-order valence-electron chi connectivity index (χ1n) is 4.97. The summed E-state index contributed by atoms with van der Waals surface area (Å²) in [5.74, 6) is -0.188. The highest BCUT2D eigenvalue weighted by atomic mass is 32.1. The van der Waals surface area contributed by atoms with Crippen LogP contribution in [0.5, 0.6) is 0 Å². The van der Waals surface area contributed by atoms with Gasteiger partial charge in [0.2, 0.25) is 5.13 Å². The van der Waals surface area contributed by atoms with E-state index in [4.69, 9.17) is 11.5 Å². The van der Waals surface area contributed by atoms with Gasteiger partial charge in [-0.2, -0.15) is 18.2 Å². The quantitative estimate of drug-likeness (QED) is 0.654. The zero-order chi connectivity index (χ0) is 14.0. The van der Waals surface area contributed by atoms with Crippen molar-refractivity contribution in [3.63, 3.8) is 0 Å². The second-order valence-corrected chi connectivity index (χ2v) is 4.46. The number of halogens is 3. The second kappa shape index (κ2) is 4.84. The van der Waals surface area contributed by atoms with Gasteiger partial charge >= 0.3 is 6.18 Å². The first-order valence-corrected chi connectivity index (χ1v) is 5.78. The molecule has 2 rings (SSSR count). The summed E-state index contributed by atoms with van der Waals surface area (Å²) in [5, 5.41) is 7.91. The molecular formula is C10H8F3N5S. The number of aliphatic imine (C=N–C) groups is 1. The minimum Gasteiger partial charge on any atom is -0.370 e. The summed E-state index contributed by atoms with van der Waals surface area (Å²) in [5.41, 5.74) is 9.91. The lowest BCUT2D eigenvalue weighted by atomic mass is 10.1. The number of rotatable bonds is 2. The monoisotopic (exact) mass is 287 g/mol. The Labute approximate surface area is 109 Å². The lowest BCUT2D eigenvalue weighted by molar-refractivity contribution is -0.137. The normalized spacial score (nSPS) is 11.3. The van der Waals surface area contributed by atoms with Crippen LogP contribution in [0.1, 0.15) is 5.56 Å². The minimum absolute atomic E-state index is 0.187. The second-order valence-electron chi connectivity index (χ2n) is 3.51. The number of guanidine groups is 1. The molecule has 0 saturated carbocycles. The fourth-order valence-electron chi connectivity index (χ4n) is 1.32. The maximum absolute atomic E-state index is 12.6. The molecule has 0 unspecified atom stereocenters. The molecule has 2 aromatic rings. The summed E-state index contributed by atoms with van der Waals surface area (Å²) < 4.78 is 37.7. The van der Waals surface area contributed by atoms with E-state index in [1.54, 1.807) is 0 Å². The Hall–Kier alpha value is -2.16. The summed E-state index contributed by atoms with van der Waals surface area (Å²) >= 11 is 0.997. The Bertz CT molecular complexity index is 616. The van der Waals surface area contributed by atoms with Gasteiger partial charge in [-0.3, -0.25) is 0 Å². The average molecular weight is 287 g/mol. The van der Waals surface area contributed by atoms with Gasteiger partial charge in [-0.25, -0.2) is 0 Å². The standard InChI is InChI=1S/C10H8F3N5S/c11-10(12,13)6-3-1-2-5(4-6)7-17-18-9(19-7)16-8(14)15/h1-4H,(H4,14,15,16,18). The fourth-order valence-corrected chi connectivity index (χ4v) is 2.05. The molecule has 0 fully saturated rings. The predicted molar refractivity (Wildman–Crippen MR) is 65.8 cm³/mol. The number of alkyl halides is 3. The third kappa shape index (κ3) is 3.19. The van der Waals surface area contributed by atoms with Crippen molar-refractivity contribution in [1.29, 1.82) is 0 Å². The van der Waals surface area contributed by atoms with Crippen LogP contribution in [-0.2, 0) is 6.18 Å². The van der Waals surface area contributed by atoms with E-state index in [-0.39, 0.29) is 11.1 Å². The molecule has 0 spiro atoms. The largest absolute Gasteiger partial charge is 0.416 e. The van der Waals surface area contributed by atoms with Gasteiger partial charge in [0.1, 0.15) is 5.01 Å². The summed E-state index contributed by atoms with van der Waals surface area (Å²) in [4.78, 5) is 3.67. The molecule has 0 aliphatic carbocycles. The van der Waals surface area contributed by atoms with E-state index in [9.17, 15) is 13.2 Å². The summed E-state index contributed by atoms with van der Waals surface area (Å²) in [6, 6.07) is 4.80. The van der Waals surface area contributed by atoms with Gasteiger partial charge in [0.25, 0.3) is 0 Å². The molecule has 1 heterocycles. The van der Waals surface area contributed by atoms with E-state index < -0.39 is 11.7 Å². The molecule has 9 heteroatoms. The van der Waals surface area contributed by atoms with Crippen LogP contribution in [0.4, 0.5) is 18.3 Å². The van der Waals surface area contributed by atoms with Crippen LogP contribution in [0.25, 0.3) is 10.6 Å². The van der Waals surface area contributed by atoms with E-state index >= 15 is 0 Å². The number of nitrogens with two attached hydrogens (primary N) is 2. The van der Waals surface area contributed by atoms with Gasteiger partial charge in [-0.1, -0.05) is 23.5 Å². The molecule has 0 atom stereocenters. The molecule has 19 heavy (non-hydrogen) atoms. The van der Waals surface area contributed by atoms with E-state index in [2.05, 4.69) is 15.2 Å². The van der Waals surface area contributed by atoms with Gasteiger partial charge < -0.3 is 11.5 Å². The number of hydrogen-bond acceptors (Lipinski definition) is 4. The average Bonchev–Trinajstić information content (AvgIpc) is 2.76. The van der Waals surface area contributed by atoms with Crippen LogP contribution in [0, 0.1) is 0 Å². The molecule has 1 aromatic heterocycles. The van der Waals surface area contributed by atoms with Crippen molar-refractivity contribution in [1.82, 2.24) is 10.2 Å². The van der Waals surface area contributed by atoms with Crippen LogP contribution >= 0.6 is 11.3 Å². The van der Waals surface area contributed by atoms with Gasteiger partial charge in [0.05, 0.1) is 5.56 Å². The third-order valence-electron chi connectivity index (χ3n) is 2.08. The Balaban J connectivity index is 2.37. The highest BCUT2D eigenvalue weighted by Gasteiger charge is 2.30. The Morgan fingerprint density at radius 3 is 2.58 bits per heavy atom. The van der Waals surface area contributed by atoms with Crippen LogP contribution < -0.4 is 11.5 Å². The first-order chi connectivity index (χ1) is 8.86. The van der Waals surface area contributed by atoms with Crippen molar-refractivity contribution in [2.24, 2.45) is 16.5 Å². The summed E-state index contributed by atoms with van der Waals surface area (Å²) in [6.45, 7) is 0. The molecule has 5 nitrogen and oxygen atoms in total. The van der Waals surface area contributed by atoms with Crippen molar-refractivity contribution in [3.8, 4) is 10.6 Å². The smallest absolute Gasteiger partial charge is 0.370 e. The van der Waals surface area contributed by atoms with Crippen LogP contribution in [-0.4, -0.2) is 16.2 Å². The van der Waals surface area contributed by atoms with Gasteiger partial charge in [0, 0.05) is 5.56 Å². The van der Waals surface area contributed by atoms with E-state index in [1.807, 2.05) is 0 Å². The molecule has 1 aromatic carbocycles. The molecule has 0 aliphatic rings. The Kier molecular flexibility index (Phi) is 3.38. The van der Waals surface area contributed by atoms with Crippen molar-refractivity contribution >= 4 is 22.4 Å². The topological polar surface area (TPSA) is 90.2 Å². The third-order valence-corrected chi connectivity index (χ3v) is 2.94. The zero-order valence-electron chi connectivity index (χ0n) is 9.35. The number of aromatic nitrogens is 2. The minimum atomic E-state index is -4.40. The maximum Gasteiger partial charge on any atom is 0.416 e. The molecule has 0 amide bonds. The Morgan fingerprint density at radius 1 is 1.21 bits per heavy atom. The fraction of sp³-hybridized carbons (Fsp3) is 0.100. The molecule has 0 saturated heterocycles. The molecular weight excluding hydrogens is 279 g/mol. The molecule has 100 valence electrons. The van der Waals surface area contributed by atoms with Crippen LogP contribution in [0.2, 0.25) is 0 Å². The molecule has 0 aliphatic heterocycles. The molecule has 0 radical (unpaired) electrons. The molecule has 0 bridgehead atoms. The van der Waals surface area contributed by atoms with E-state index in [0.29, 0.717) is 10.6 Å². The SMILES string of the molecule is NC(N)=Nc1nnc(-c2cccc(C(F)(F)F)c2)s1. The van der Waals surface area contributed by atoms with Crippen LogP contribution in [0.15, 0.2) is 29.3 Å². The first kappa shape index (κ1) is 13.3. The zero-order valence-corrected chi connectivity index (χ0v) is 10.2. The highest BCUT2D eigenvalue weighted by molar-refractivity contribution is 7.18. The van der Waals surface area contributed by atoms with Crippen molar-refractivity contribution < 1.29 is 13.2 Å². The van der Waals surface area contributed by atoms with Gasteiger partial charge in [0.15, 0.2) is 5.96 Å². The van der Waals surface area contributed by atoms with Crippen molar-refractivity contribution in [3.05, 3.63) is 29.8 Å². The van der Waals surface area contributed by atoms with E-state index in [0.717, 1.165) is 23.5 Å². The summed E-state index contributed by atoms with van der Waals surface area (Å²) in [7, 11) is 0. The Morgan fingerprint density at radius 2 is 1.95 bits per heavy atom. The van der Waals surface area contributed by atoms with Crippen LogP contribution in [0.3, 0.4) is 0 Å². The summed E-state index contributed by atoms with van der Waals surface area (Å²) in [6.07, 6.45) is -4.40. The predicted octanol–water partition coefficient (Wildman–Crippen LogP) is 2.13. The lowest BCUT2D eigenvalue weighted by Crippen LogP contribution is -2.21. The van der Waals surface area contributed by atoms with Gasteiger partial charge in [-0.05, 0) is 12.1 Å². The highest BCUT2D eigenvalue weighted by Crippen LogP contribution is 2.34. The number of benzene rings is 1. The van der Waals surface area contributed by atoms with Gasteiger partial charge in [-0.15, -0.1) is 10.2 Å². The van der Waals surface area contributed by atoms with Crippen molar-refractivity contribution in [2.75, 3.05) is 0 Å². The lowest BCUT2D eigenvalue weighted by Gasteiger charge is -2.06. The molecule has 4 N–H and O–H groups in total. The maximum atomic E-state index is 12.6. The van der Waals surface area contributed by atoms with Crippen molar-refractivity contribution in [2.45, 2.75) is 6.18 Å². The number of hydrogen-bond donors (Lipinski definition) is 2.